The van der Waals surface area contributed by atoms with Crippen LogP contribution in [0.5, 0.6) is 5.75 Å². The van der Waals surface area contributed by atoms with Gasteiger partial charge in [0.1, 0.15) is 17.9 Å². The van der Waals surface area contributed by atoms with Gasteiger partial charge < -0.3 is 19.7 Å². The van der Waals surface area contributed by atoms with Crippen LogP contribution in [0.15, 0.2) is 24.3 Å². The minimum absolute atomic E-state index is 0. The highest BCUT2D eigenvalue weighted by molar-refractivity contribution is 5.85. The monoisotopic (exact) mass is 354 g/mol. The number of aryl methyl sites for hydroxylation is 1. The topological polar surface area (TPSA) is 50.8 Å². The largest absolute Gasteiger partial charge is 0.490 e. The van der Waals surface area contributed by atoms with Gasteiger partial charge in [-0.2, -0.15) is 0 Å². The summed E-state index contributed by atoms with van der Waals surface area (Å²) in [6, 6.07) is 7.93. The van der Waals surface area contributed by atoms with Crippen molar-refractivity contribution in [2.24, 2.45) is 0 Å². The van der Waals surface area contributed by atoms with Gasteiger partial charge in [0.15, 0.2) is 0 Å². The number of hydrogen-bond acceptors (Lipinski definition) is 4. The molecule has 0 spiro atoms. The zero-order valence-electron chi connectivity index (χ0n) is 14.4. The minimum Gasteiger partial charge on any atom is -0.490 e. The number of amides is 1. The lowest BCUT2D eigenvalue weighted by atomic mass is 10.0. The molecule has 3 rings (SSSR count). The van der Waals surface area contributed by atoms with E-state index in [4.69, 9.17) is 9.47 Å². The second-order valence-corrected chi connectivity index (χ2v) is 6.46. The van der Waals surface area contributed by atoms with Gasteiger partial charge in [-0.3, -0.25) is 4.79 Å². The Morgan fingerprint density at radius 1 is 1.25 bits per heavy atom. The van der Waals surface area contributed by atoms with E-state index in [-0.39, 0.29) is 36.6 Å². The maximum Gasteiger partial charge on any atom is 0.242 e. The number of carbonyl (C=O) groups is 1. The fraction of sp³-hybridized carbons (Fsp3) is 0.611. The van der Waals surface area contributed by atoms with Gasteiger partial charge in [0.2, 0.25) is 5.91 Å². The molecule has 2 aliphatic rings. The highest BCUT2D eigenvalue weighted by atomic mass is 35.5. The number of nitrogens with zero attached hydrogens (tertiary/aromatic N) is 1. The third kappa shape index (κ3) is 4.62. The second-order valence-electron chi connectivity index (χ2n) is 6.46. The lowest BCUT2D eigenvalue weighted by Gasteiger charge is -2.37. The van der Waals surface area contributed by atoms with E-state index in [1.54, 1.807) is 0 Å². The minimum atomic E-state index is -0.210. The third-order valence-electron chi connectivity index (χ3n) is 4.66. The molecule has 2 aliphatic heterocycles. The molecule has 0 radical (unpaired) electrons. The van der Waals surface area contributed by atoms with Crippen LogP contribution in [0.4, 0.5) is 0 Å². The van der Waals surface area contributed by atoms with Crippen molar-refractivity contribution < 1.29 is 14.3 Å². The Morgan fingerprint density at radius 2 is 1.92 bits per heavy atom. The van der Waals surface area contributed by atoms with Crippen molar-refractivity contribution in [1.82, 2.24) is 10.2 Å². The van der Waals surface area contributed by atoms with Gasteiger partial charge in [0.05, 0.1) is 12.7 Å². The van der Waals surface area contributed by atoms with Gasteiger partial charge in [-0.15, -0.1) is 12.4 Å². The SMILES string of the molecule is Cc1ccc(OC2CCN(C(=O)[C@H]3NCCO[C@@H]3C)CC2)cc1.Cl. The van der Waals surface area contributed by atoms with Crippen molar-refractivity contribution in [1.29, 1.82) is 0 Å². The number of likely N-dealkylation sites (tertiary alicyclic amines) is 1. The highest BCUT2D eigenvalue weighted by Crippen LogP contribution is 2.20. The number of morpholine rings is 1. The molecule has 2 heterocycles. The number of benzene rings is 1. The summed E-state index contributed by atoms with van der Waals surface area (Å²) in [6.07, 6.45) is 1.89. The average molecular weight is 355 g/mol. The van der Waals surface area contributed by atoms with E-state index >= 15 is 0 Å². The quantitative estimate of drug-likeness (QED) is 0.903. The summed E-state index contributed by atoms with van der Waals surface area (Å²) in [4.78, 5) is 14.6. The number of piperidine rings is 1. The van der Waals surface area contributed by atoms with Crippen LogP contribution in [0.25, 0.3) is 0 Å². The molecule has 0 unspecified atom stereocenters. The van der Waals surface area contributed by atoms with Gasteiger partial charge in [0, 0.05) is 32.5 Å². The third-order valence-corrected chi connectivity index (χ3v) is 4.66. The molecule has 5 nitrogen and oxygen atoms in total. The molecule has 1 aromatic rings. The van der Waals surface area contributed by atoms with Gasteiger partial charge in [-0.05, 0) is 26.0 Å². The van der Waals surface area contributed by atoms with Crippen LogP contribution in [0.2, 0.25) is 0 Å². The van der Waals surface area contributed by atoms with Crippen molar-refractivity contribution >= 4 is 18.3 Å². The predicted octanol–water partition coefficient (Wildman–Crippen LogP) is 2.16. The van der Waals surface area contributed by atoms with E-state index in [9.17, 15) is 4.79 Å². The Morgan fingerprint density at radius 3 is 2.54 bits per heavy atom. The van der Waals surface area contributed by atoms with Gasteiger partial charge in [-0.25, -0.2) is 0 Å². The molecule has 0 aromatic heterocycles. The molecule has 1 aromatic carbocycles. The van der Waals surface area contributed by atoms with Crippen LogP contribution in [-0.2, 0) is 9.53 Å². The van der Waals surface area contributed by atoms with Gasteiger partial charge in [0.25, 0.3) is 0 Å². The molecular weight excluding hydrogens is 328 g/mol. The first-order valence-electron chi connectivity index (χ1n) is 8.50. The first-order valence-corrected chi connectivity index (χ1v) is 8.50. The Bertz CT molecular complexity index is 530. The van der Waals surface area contributed by atoms with Crippen LogP contribution in [-0.4, -0.2) is 55.3 Å². The van der Waals surface area contributed by atoms with Gasteiger partial charge in [-0.1, -0.05) is 17.7 Å². The summed E-state index contributed by atoms with van der Waals surface area (Å²) < 4.78 is 11.6. The van der Waals surface area contributed by atoms with Crippen molar-refractivity contribution in [2.75, 3.05) is 26.2 Å². The first-order chi connectivity index (χ1) is 11.1. The average Bonchev–Trinajstić information content (AvgIpc) is 2.57. The zero-order valence-corrected chi connectivity index (χ0v) is 15.2. The molecule has 0 aliphatic carbocycles. The molecule has 134 valence electrons. The fourth-order valence-corrected chi connectivity index (χ4v) is 3.21. The van der Waals surface area contributed by atoms with Crippen LogP contribution in [0.1, 0.15) is 25.3 Å². The molecule has 2 fully saturated rings. The molecule has 24 heavy (non-hydrogen) atoms. The molecule has 1 amide bonds. The number of ether oxygens (including phenoxy) is 2. The van der Waals surface area contributed by atoms with Crippen molar-refractivity contribution in [2.45, 2.75) is 44.9 Å². The van der Waals surface area contributed by atoms with E-state index in [1.807, 2.05) is 24.0 Å². The maximum atomic E-state index is 12.6. The smallest absolute Gasteiger partial charge is 0.242 e. The van der Waals surface area contributed by atoms with E-state index in [2.05, 4.69) is 24.4 Å². The summed E-state index contributed by atoms with van der Waals surface area (Å²) >= 11 is 0. The Balaban J connectivity index is 0.00000208. The first kappa shape index (κ1) is 19.0. The molecule has 2 atom stereocenters. The molecule has 1 N–H and O–H groups in total. The van der Waals surface area contributed by atoms with E-state index in [0.29, 0.717) is 6.61 Å². The number of hydrogen-bond donors (Lipinski definition) is 1. The number of rotatable bonds is 3. The Kier molecular flexibility index (Phi) is 6.90. The van der Waals surface area contributed by atoms with E-state index in [1.165, 1.54) is 5.56 Å². The van der Waals surface area contributed by atoms with Crippen molar-refractivity contribution in [3.63, 3.8) is 0 Å². The molecule has 0 bridgehead atoms. The van der Waals surface area contributed by atoms with Crippen molar-refractivity contribution in [3.05, 3.63) is 29.8 Å². The number of nitrogens with one attached hydrogen (secondary N) is 1. The maximum absolute atomic E-state index is 12.6. The summed E-state index contributed by atoms with van der Waals surface area (Å²) in [5, 5.41) is 3.27. The standard InChI is InChI=1S/C18H26N2O3.ClH/c1-13-3-5-15(6-4-13)23-16-7-10-20(11-8-16)18(21)17-14(2)22-12-9-19-17;/h3-6,14,16-17,19H,7-12H2,1-2H3;1H/t14-,17+;/m1./s1. The lowest BCUT2D eigenvalue weighted by molar-refractivity contribution is -0.141. The van der Waals surface area contributed by atoms with Crippen molar-refractivity contribution in [3.8, 4) is 5.75 Å². The van der Waals surface area contributed by atoms with Crippen LogP contribution >= 0.6 is 12.4 Å². The summed E-state index contributed by atoms with van der Waals surface area (Å²) in [6.45, 7) is 6.95. The van der Waals surface area contributed by atoms with Crippen LogP contribution in [0, 0.1) is 6.92 Å². The van der Waals surface area contributed by atoms with E-state index in [0.717, 1.165) is 38.2 Å². The zero-order chi connectivity index (χ0) is 16.2. The molecule has 2 saturated heterocycles. The predicted molar refractivity (Wildman–Crippen MR) is 95.9 cm³/mol. The fourth-order valence-electron chi connectivity index (χ4n) is 3.21. The molecule has 0 saturated carbocycles. The summed E-state index contributed by atoms with van der Waals surface area (Å²) in [5.74, 6) is 1.07. The Labute approximate surface area is 150 Å². The highest BCUT2D eigenvalue weighted by Gasteiger charge is 2.33. The Hall–Kier alpha value is -1.30. The van der Waals surface area contributed by atoms with Crippen LogP contribution < -0.4 is 10.1 Å². The molecule has 6 heteroatoms. The lowest BCUT2D eigenvalue weighted by Crippen LogP contribution is -2.57. The van der Waals surface area contributed by atoms with Crippen LogP contribution in [0.3, 0.4) is 0 Å². The second kappa shape index (κ2) is 8.70. The summed E-state index contributed by atoms with van der Waals surface area (Å²) in [7, 11) is 0. The number of halogens is 1. The van der Waals surface area contributed by atoms with E-state index < -0.39 is 0 Å². The normalized spacial score (nSPS) is 25.0. The summed E-state index contributed by atoms with van der Waals surface area (Å²) in [5.41, 5.74) is 1.23. The molecular formula is C18H27ClN2O3. The van der Waals surface area contributed by atoms with Gasteiger partial charge >= 0.3 is 0 Å². The number of carbonyl (C=O) groups excluding carboxylic acids is 1.